The molecule has 0 aliphatic rings. The van der Waals surface area contributed by atoms with Crippen molar-refractivity contribution in [3.63, 3.8) is 0 Å². The molecule has 0 unspecified atom stereocenters. The Hall–Kier alpha value is -3.99. The topological polar surface area (TPSA) is 120 Å². The van der Waals surface area contributed by atoms with Crippen LogP contribution in [0.4, 0.5) is 0 Å². The Morgan fingerprint density at radius 1 is 0.935 bits per heavy atom. The maximum absolute atomic E-state index is 12.3. The molecule has 4 rings (SSSR count). The van der Waals surface area contributed by atoms with Crippen LogP contribution in [-0.2, 0) is 12.8 Å². The van der Waals surface area contributed by atoms with Crippen molar-refractivity contribution in [1.82, 2.24) is 40.4 Å². The molecule has 2 amide bonds. The molecule has 0 bridgehead atoms. The molecule has 0 aliphatic heterocycles. The minimum absolute atomic E-state index is 0.403. The van der Waals surface area contributed by atoms with Gasteiger partial charge in [0.15, 0.2) is 5.16 Å². The summed E-state index contributed by atoms with van der Waals surface area (Å²) in [7, 11) is 1.88. The van der Waals surface area contributed by atoms with Crippen molar-refractivity contribution in [3.05, 3.63) is 84.2 Å². The first-order valence-electron chi connectivity index (χ1n) is 9.21. The minimum Gasteiger partial charge on any atom is -0.312 e. The van der Waals surface area contributed by atoms with Gasteiger partial charge in [-0.05, 0) is 42.0 Å². The fraction of sp³-hybridized carbons (Fsp3) is 0.100. The zero-order chi connectivity index (χ0) is 21.6. The first-order valence-corrected chi connectivity index (χ1v) is 10.2. The van der Waals surface area contributed by atoms with Crippen LogP contribution in [0.1, 0.15) is 26.3 Å². The fourth-order valence-corrected chi connectivity index (χ4v) is 3.51. The normalized spacial score (nSPS) is 10.6. The van der Waals surface area contributed by atoms with E-state index >= 15 is 0 Å². The third-order valence-electron chi connectivity index (χ3n) is 4.36. The Balaban J connectivity index is 1.29. The predicted molar refractivity (Wildman–Crippen MR) is 113 cm³/mol. The second-order valence-corrected chi connectivity index (χ2v) is 7.45. The standard InChI is InChI=1S/C20H18N8O2S/c1-27-13-22-26-20(27)31-10-14-2-4-15(5-3-14)18(29)24-25-19(30)16-6-8-17(9-7-16)28-12-21-11-23-28/h2-9,11-13H,10H2,1H3,(H,24,29)(H,25,30). The van der Waals surface area contributed by atoms with Crippen molar-refractivity contribution in [2.24, 2.45) is 7.05 Å². The molecule has 10 nitrogen and oxygen atoms in total. The summed E-state index contributed by atoms with van der Waals surface area (Å²) in [4.78, 5) is 28.5. The van der Waals surface area contributed by atoms with Gasteiger partial charge in [0.1, 0.15) is 19.0 Å². The Morgan fingerprint density at radius 3 is 2.13 bits per heavy atom. The first-order chi connectivity index (χ1) is 15.1. The number of hydrogen-bond donors (Lipinski definition) is 2. The summed E-state index contributed by atoms with van der Waals surface area (Å²) >= 11 is 1.56. The average Bonchev–Trinajstić information content (AvgIpc) is 3.48. The van der Waals surface area contributed by atoms with Crippen molar-refractivity contribution in [2.75, 3.05) is 0 Å². The minimum atomic E-state index is -0.421. The van der Waals surface area contributed by atoms with Gasteiger partial charge >= 0.3 is 0 Å². The van der Waals surface area contributed by atoms with E-state index in [2.05, 4.69) is 31.1 Å². The van der Waals surface area contributed by atoms with E-state index in [0.29, 0.717) is 16.9 Å². The molecule has 2 heterocycles. The van der Waals surface area contributed by atoms with Gasteiger partial charge < -0.3 is 4.57 Å². The molecule has 2 N–H and O–H groups in total. The van der Waals surface area contributed by atoms with Crippen LogP contribution in [0.2, 0.25) is 0 Å². The van der Waals surface area contributed by atoms with Gasteiger partial charge in [0, 0.05) is 23.9 Å². The third kappa shape index (κ3) is 4.95. The van der Waals surface area contributed by atoms with E-state index in [9.17, 15) is 9.59 Å². The smallest absolute Gasteiger partial charge is 0.269 e. The molecule has 11 heteroatoms. The molecule has 0 radical (unpaired) electrons. The number of aryl methyl sites for hydroxylation is 1. The van der Waals surface area contributed by atoms with Crippen LogP contribution in [0, 0.1) is 0 Å². The quantitative estimate of drug-likeness (QED) is 0.350. The van der Waals surface area contributed by atoms with Gasteiger partial charge in [0.25, 0.3) is 11.8 Å². The number of thioether (sulfide) groups is 1. The lowest BCUT2D eigenvalue weighted by Crippen LogP contribution is -2.41. The molecule has 0 atom stereocenters. The molecule has 0 fully saturated rings. The van der Waals surface area contributed by atoms with Crippen LogP contribution in [0.15, 0.2) is 72.7 Å². The summed E-state index contributed by atoms with van der Waals surface area (Å²) in [6.07, 6.45) is 4.64. The molecule has 2 aromatic carbocycles. The molecule has 2 aromatic heterocycles. The number of benzene rings is 2. The summed E-state index contributed by atoms with van der Waals surface area (Å²) in [5.74, 6) is -0.120. The Kier molecular flexibility index (Phi) is 6.03. The van der Waals surface area contributed by atoms with Crippen molar-refractivity contribution in [1.29, 1.82) is 0 Å². The SMILES string of the molecule is Cn1cnnc1SCc1ccc(C(=O)NNC(=O)c2ccc(-n3cncn3)cc2)cc1. The highest BCUT2D eigenvalue weighted by atomic mass is 32.2. The van der Waals surface area contributed by atoms with Crippen LogP contribution in [-0.4, -0.2) is 41.3 Å². The number of hydrogen-bond acceptors (Lipinski definition) is 7. The predicted octanol–water partition coefficient (Wildman–Crippen LogP) is 1.76. The van der Waals surface area contributed by atoms with E-state index < -0.39 is 11.8 Å². The maximum atomic E-state index is 12.3. The van der Waals surface area contributed by atoms with Crippen molar-refractivity contribution in [3.8, 4) is 5.69 Å². The number of rotatable bonds is 6. The number of hydrazine groups is 1. The van der Waals surface area contributed by atoms with E-state index in [1.807, 2.05) is 23.7 Å². The first kappa shape index (κ1) is 20.3. The van der Waals surface area contributed by atoms with E-state index in [-0.39, 0.29) is 0 Å². The molecule has 0 saturated carbocycles. The van der Waals surface area contributed by atoms with Gasteiger partial charge in [-0.15, -0.1) is 10.2 Å². The van der Waals surface area contributed by atoms with E-state index in [4.69, 9.17) is 0 Å². The van der Waals surface area contributed by atoms with E-state index in [1.54, 1.807) is 65.5 Å². The average molecular weight is 434 g/mol. The summed E-state index contributed by atoms with van der Waals surface area (Å²) in [6.45, 7) is 0. The highest BCUT2D eigenvalue weighted by Crippen LogP contribution is 2.20. The highest BCUT2D eigenvalue weighted by Gasteiger charge is 2.10. The summed E-state index contributed by atoms with van der Waals surface area (Å²) < 4.78 is 3.43. The maximum Gasteiger partial charge on any atom is 0.269 e. The largest absolute Gasteiger partial charge is 0.312 e. The Morgan fingerprint density at radius 2 is 1.58 bits per heavy atom. The highest BCUT2D eigenvalue weighted by molar-refractivity contribution is 7.98. The Labute approximate surface area is 181 Å². The number of amides is 2. The number of aromatic nitrogens is 6. The number of nitrogens with one attached hydrogen (secondary N) is 2. The van der Waals surface area contributed by atoms with Crippen molar-refractivity contribution in [2.45, 2.75) is 10.9 Å². The molecule has 156 valence electrons. The number of carbonyl (C=O) groups is 2. The molecular weight excluding hydrogens is 416 g/mol. The molecule has 0 saturated heterocycles. The van der Waals surface area contributed by atoms with E-state index in [0.717, 1.165) is 16.4 Å². The van der Waals surface area contributed by atoms with Gasteiger partial charge in [0.2, 0.25) is 0 Å². The van der Waals surface area contributed by atoms with E-state index in [1.165, 1.54) is 6.33 Å². The Bertz CT molecular complexity index is 1170. The molecule has 4 aromatic rings. The lowest BCUT2D eigenvalue weighted by Gasteiger charge is -2.09. The lowest BCUT2D eigenvalue weighted by atomic mass is 10.1. The zero-order valence-electron chi connectivity index (χ0n) is 16.5. The second-order valence-electron chi connectivity index (χ2n) is 6.51. The van der Waals surface area contributed by atoms with Crippen LogP contribution < -0.4 is 10.9 Å². The molecule has 0 spiro atoms. The third-order valence-corrected chi connectivity index (χ3v) is 5.46. The summed E-state index contributed by atoms with van der Waals surface area (Å²) in [6, 6.07) is 13.9. The number of carbonyl (C=O) groups excluding carboxylic acids is 2. The lowest BCUT2D eigenvalue weighted by molar-refractivity contribution is 0.0846. The van der Waals surface area contributed by atoms with Crippen molar-refractivity contribution < 1.29 is 9.59 Å². The molecular formula is C20H18N8O2S. The second kappa shape index (κ2) is 9.22. The monoisotopic (exact) mass is 434 g/mol. The van der Waals surface area contributed by atoms with Crippen molar-refractivity contribution >= 4 is 23.6 Å². The van der Waals surface area contributed by atoms with Gasteiger partial charge in [-0.25, -0.2) is 9.67 Å². The molecule has 0 aliphatic carbocycles. The van der Waals surface area contributed by atoms with Gasteiger partial charge in [-0.2, -0.15) is 5.10 Å². The summed E-state index contributed by atoms with van der Waals surface area (Å²) in [5, 5.41) is 12.7. The van der Waals surface area contributed by atoms with Gasteiger partial charge in [-0.3, -0.25) is 20.4 Å². The zero-order valence-corrected chi connectivity index (χ0v) is 17.3. The van der Waals surface area contributed by atoms with Gasteiger partial charge in [0.05, 0.1) is 5.69 Å². The van der Waals surface area contributed by atoms with Crippen LogP contribution in [0.25, 0.3) is 5.69 Å². The van der Waals surface area contributed by atoms with Crippen LogP contribution in [0.3, 0.4) is 0 Å². The fourth-order valence-electron chi connectivity index (χ4n) is 2.67. The van der Waals surface area contributed by atoms with Crippen LogP contribution >= 0.6 is 11.8 Å². The van der Waals surface area contributed by atoms with Crippen LogP contribution in [0.5, 0.6) is 0 Å². The van der Waals surface area contributed by atoms with Gasteiger partial charge in [-0.1, -0.05) is 23.9 Å². The number of nitrogens with zero attached hydrogens (tertiary/aromatic N) is 6. The molecule has 31 heavy (non-hydrogen) atoms. The summed E-state index contributed by atoms with van der Waals surface area (Å²) in [5.41, 5.74) is 7.51.